The Balaban J connectivity index is 1.55. The van der Waals surface area contributed by atoms with E-state index in [2.05, 4.69) is 180 Å². The van der Waals surface area contributed by atoms with Crippen molar-refractivity contribution < 1.29 is 0 Å². The van der Waals surface area contributed by atoms with E-state index < -0.39 is 0 Å². The molecule has 0 aliphatic heterocycles. The zero-order valence-electron chi connectivity index (χ0n) is 27.6. The average molecular weight is 579 g/mol. The van der Waals surface area contributed by atoms with Crippen molar-refractivity contribution in [3.05, 3.63) is 149 Å². The van der Waals surface area contributed by atoms with E-state index in [1.54, 1.807) is 0 Å². The van der Waals surface area contributed by atoms with Gasteiger partial charge in [-0.1, -0.05) is 74.9 Å². The molecule has 1 atom stereocenters. The van der Waals surface area contributed by atoms with Crippen molar-refractivity contribution in [2.45, 2.75) is 61.8 Å². The molecule has 0 fully saturated rings. The summed E-state index contributed by atoms with van der Waals surface area (Å²) in [4.78, 5) is 4.76. The number of benzene rings is 5. The Bertz CT molecular complexity index is 1750. The van der Waals surface area contributed by atoms with E-state index in [0.717, 1.165) is 12.1 Å². The second-order valence-corrected chi connectivity index (χ2v) is 12.4. The molecule has 5 aromatic rings. The molecule has 5 aromatic carbocycles. The van der Waals surface area contributed by atoms with Crippen LogP contribution >= 0.6 is 0 Å². The van der Waals surface area contributed by atoms with Gasteiger partial charge in [0.05, 0.1) is 0 Å². The Morgan fingerprint density at radius 1 is 0.568 bits per heavy atom. The molecule has 0 spiro atoms. The van der Waals surface area contributed by atoms with Gasteiger partial charge in [-0.2, -0.15) is 0 Å². The topological polar surface area (TPSA) is 6.48 Å². The minimum absolute atomic E-state index is 0.517. The first-order valence-corrected chi connectivity index (χ1v) is 15.8. The minimum atomic E-state index is 0.517. The maximum Gasteiger partial charge on any atom is 0.0464 e. The van der Waals surface area contributed by atoms with Crippen LogP contribution in [0.25, 0.3) is 11.1 Å². The molecule has 0 saturated heterocycles. The number of aryl methyl sites for hydroxylation is 5. The fourth-order valence-electron chi connectivity index (χ4n) is 6.09. The van der Waals surface area contributed by atoms with E-state index in [0.29, 0.717) is 5.92 Å². The highest BCUT2D eigenvalue weighted by Gasteiger charge is 2.17. The van der Waals surface area contributed by atoms with E-state index in [1.807, 2.05) is 0 Å². The molecule has 0 bridgehead atoms. The molecule has 0 aliphatic rings. The molecular formula is C42H46N2. The van der Waals surface area contributed by atoms with Crippen molar-refractivity contribution in [2.75, 3.05) is 9.80 Å². The number of nitrogens with zero attached hydrogens (tertiary/aromatic N) is 2. The molecule has 44 heavy (non-hydrogen) atoms. The number of hydrogen-bond acceptors (Lipinski definition) is 2. The van der Waals surface area contributed by atoms with Gasteiger partial charge < -0.3 is 9.80 Å². The smallest absolute Gasteiger partial charge is 0.0464 e. The number of allylic oxidation sites excluding steroid dienone is 2. The van der Waals surface area contributed by atoms with Crippen LogP contribution in [0.1, 0.15) is 55.0 Å². The maximum atomic E-state index is 2.40. The summed E-state index contributed by atoms with van der Waals surface area (Å²) in [6.45, 7) is 17.7. The summed E-state index contributed by atoms with van der Waals surface area (Å²) in [5.74, 6) is 0.517. The van der Waals surface area contributed by atoms with Crippen LogP contribution in [0.3, 0.4) is 0 Å². The summed E-state index contributed by atoms with van der Waals surface area (Å²) >= 11 is 0. The summed E-state index contributed by atoms with van der Waals surface area (Å²) in [6.07, 6.45) is 3.51. The van der Waals surface area contributed by atoms with Gasteiger partial charge in [0.2, 0.25) is 0 Å². The van der Waals surface area contributed by atoms with Crippen molar-refractivity contribution in [2.24, 2.45) is 5.92 Å². The van der Waals surface area contributed by atoms with Gasteiger partial charge in [-0.25, -0.2) is 0 Å². The minimum Gasteiger partial charge on any atom is -0.315 e. The molecule has 2 heteroatoms. The van der Waals surface area contributed by atoms with Gasteiger partial charge in [0.25, 0.3) is 0 Å². The lowest BCUT2D eigenvalue weighted by atomic mass is 9.95. The largest absolute Gasteiger partial charge is 0.315 e. The predicted molar refractivity (Wildman–Crippen MR) is 192 cm³/mol. The highest BCUT2D eigenvalue weighted by Crippen LogP contribution is 2.39. The van der Waals surface area contributed by atoms with E-state index in [9.17, 15) is 0 Å². The van der Waals surface area contributed by atoms with E-state index in [-0.39, 0.29) is 0 Å². The van der Waals surface area contributed by atoms with Crippen molar-refractivity contribution in [1.82, 2.24) is 0 Å². The van der Waals surface area contributed by atoms with Gasteiger partial charge in [0.1, 0.15) is 0 Å². The third-order valence-electron chi connectivity index (χ3n) is 8.53. The zero-order chi connectivity index (χ0) is 31.4. The molecule has 0 amide bonds. The monoisotopic (exact) mass is 578 g/mol. The predicted octanol–water partition coefficient (Wildman–Crippen LogP) is 12.5. The number of rotatable bonds is 9. The molecule has 1 unspecified atom stereocenters. The third kappa shape index (κ3) is 6.81. The van der Waals surface area contributed by atoms with E-state index in [4.69, 9.17) is 0 Å². The average Bonchev–Trinajstić information content (AvgIpc) is 2.98. The molecule has 2 nitrogen and oxygen atoms in total. The first kappa shape index (κ1) is 30.9. The second kappa shape index (κ2) is 13.4. The Kier molecular flexibility index (Phi) is 9.40. The summed E-state index contributed by atoms with van der Waals surface area (Å²) < 4.78 is 0. The SMILES string of the molecule is CCC(C)/C=C(\C)N(c1cccc(C)c1)c1ccc(-c2ccc(N(c3cccc(C)c3)c3cccc(C)c3)cc2C)c(C)c1. The molecule has 5 rings (SSSR count). The van der Waals surface area contributed by atoms with Crippen LogP contribution in [0.15, 0.2) is 121 Å². The van der Waals surface area contributed by atoms with Gasteiger partial charge >= 0.3 is 0 Å². The zero-order valence-corrected chi connectivity index (χ0v) is 27.6. The fourth-order valence-corrected chi connectivity index (χ4v) is 6.09. The van der Waals surface area contributed by atoms with Crippen LogP contribution in [0.4, 0.5) is 28.4 Å². The number of anilines is 5. The standard InChI is InChI=1S/C42H46N2/c1-9-29(2)23-35(8)43(36-16-10-13-30(3)24-36)39-19-21-41(33(6)27-39)42-22-20-40(28-34(42)7)44(37-17-11-14-31(4)25-37)38-18-12-15-32(5)26-38/h10-29H,9H2,1-8H3/b35-23+. The molecule has 0 radical (unpaired) electrons. The first-order valence-electron chi connectivity index (χ1n) is 15.8. The maximum absolute atomic E-state index is 2.40. The summed E-state index contributed by atoms with van der Waals surface area (Å²) in [7, 11) is 0. The molecule has 224 valence electrons. The van der Waals surface area contributed by atoms with Crippen molar-refractivity contribution in [3.63, 3.8) is 0 Å². The normalized spacial score (nSPS) is 12.2. The van der Waals surface area contributed by atoms with Gasteiger partial charge in [-0.05, 0) is 147 Å². The summed E-state index contributed by atoms with van der Waals surface area (Å²) in [5, 5.41) is 0. The van der Waals surface area contributed by atoms with Gasteiger partial charge in [-0.15, -0.1) is 0 Å². The van der Waals surface area contributed by atoms with Crippen LogP contribution in [0.5, 0.6) is 0 Å². The molecule has 0 aliphatic carbocycles. The number of hydrogen-bond donors (Lipinski definition) is 0. The lowest BCUT2D eigenvalue weighted by Gasteiger charge is -2.28. The van der Waals surface area contributed by atoms with Gasteiger partial charge in [0.15, 0.2) is 0 Å². The molecule has 0 saturated carbocycles. The van der Waals surface area contributed by atoms with E-state index in [1.165, 1.54) is 67.4 Å². The van der Waals surface area contributed by atoms with Gasteiger partial charge in [0, 0.05) is 34.1 Å². The molecule has 0 aromatic heterocycles. The van der Waals surface area contributed by atoms with Crippen LogP contribution in [0.2, 0.25) is 0 Å². The Hall–Kier alpha value is -4.56. The summed E-state index contributed by atoms with van der Waals surface area (Å²) in [5.41, 5.74) is 15.9. The van der Waals surface area contributed by atoms with Gasteiger partial charge in [-0.3, -0.25) is 0 Å². The van der Waals surface area contributed by atoms with Crippen molar-refractivity contribution in [3.8, 4) is 11.1 Å². The van der Waals surface area contributed by atoms with E-state index >= 15 is 0 Å². The van der Waals surface area contributed by atoms with Crippen LogP contribution in [-0.2, 0) is 0 Å². The molecule has 0 heterocycles. The fraction of sp³-hybridized carbons (Fsp3) is 0.238. The Morgan fingerprint density at radius 3 is 1.45 bits per heavy atom. The summed E-state index contributed by atoms with van der Waals surface area (Å²) in [6, 6.07) is 40.1. The highest BCUT2D eigenvalue weighted by molar-refractivity contribution is 5.82. The van der Waals surface area contributed by atoms with Crippen molar-refractivity contribution in [1.29, 1.82) is 0 Å². The Labute approximate surface area is 265 Å². The van der Waals surface area contributed by atoms with Crippen LogP contribution in [-0.4, -0.2) is 0 Å². The lowest BCUT2D eigenvalue weighted by molar-refractivity contribution is 0.691. The Morgan fingerprint density at radius 2 is 0.977 bits per heavy atom. The highest BCUT2D eigenvalue weighted by atomic mass is 15.1. The first-order chi connectivity index (χ1) is 21.1. The molecule has 0 N–H and O–H groups in total. The van der Waals surface area contributed by atoms with Crippen LogP contribution < -0.4 is 9.80 Å². The lowest BCUT2D eigenvalue weighted by Crippen LogP contribution is -2.15. The third-order valence-corrected chi connectivity index (χ3v) is 8.53. The van der Waals surface area contributed by atoms with Crippen molar-refractivity contribution >= 4 is 28.4 Å². The van der Waals surface area contributed by atoms with Crippen LogP contribution in [0, 0.1) is 40.5 Å². The molecular weight excluding hydrogens is 532 g/mol. The second-order valence-electron chi connectivity index (χ2n) is 12.4. The quantitative estimate of drug-likeness (QED) is 0.172.